The molecule has 1 rings (SSSR count). The maximum absolute atomic E-state index is 10.5. The molecule has 0 spiro atoms. The number of nitrogens with one attached hydrogen (secondary N) is 1. The van der Waals surface area contributed by atoms with Crippen LogP contribution in [0.1, 0.15) is 57.2 Å². The van der Waals surface area contributed by atoms with Crippen molar-refractivity contribution in [3.63, 3.8) is 0 Å². The van der Waals surface area contributed by atoms with E-state index in [9.17, 15) is 4.79 Å². The Balaban J connectivity index is 3.14. The summed E-state index contributed by atoms with van der Waals surface area (Å²) in [5.41, 5.74) is 4.98. The number of hydrogen-bond donors (Lipinski definition) is 1. The molecular formula is C19H25NOS. The number of thioether (sulfide) groups is 1. The fraction of sp³-hybridized carbons (Fsp3) is 0.421. The largest absolute Gasteiger partial charge is 0.355 e. The van der Waals surface area contributed by atoms with Crippen molar-refractivity contribution in [2.24, 2.45) is 0 Å². The number of aryl methyl sites for hydroxylation is 1. The van der Waals surface area contributed by atoms with Crippen LogP contribution in [0.15, 0.2) is 23.8 Å². The summed E-state index contributed by atoms with van der Waals surface area (Å²) in [6, 6.07) is 6.49. The van der Waals surface area contributed by atoms with E-state index >= 15 is 0 Å². The van der Waals surface area contributed by atoms with Gasteiger partial charge in [0, 0.05) is 17.9 Å². The van der Waals surface area contributed by atoms with Gasteiger partial charge in [-0.15, -0.1) is 0 Å². The Morgan fingerprint density at radius 3 is 2.64 bits per heavy atom. The standard InChI is InChI=1S/C19H25NOS/c1-5-7-11-22-19(15(3)4)17-9-10-18(13-20-14-21)16(12-17)8-6-2/h9-10,12,14H,5-6,8,13H2,1-4H3,(H,20,21). The molecule has 1 amide bonds. The molecule has 0 aliphatic carbocycles. The van der Waals surface area contributed by atoms with Gasteiger partial charge in [0.15, 0.2) is 0 Å². The Hall–Kier alpha value is -1.66. The molecule has 0 atom stereocenters. The zero-order valence-electron chi connectivity index (χ0n) is 14.0. The number of carbonyl (C=O) groups excluding carboxylic acids is 1. The highest BCUT2D eigenvalue weighted by Crippen LogP contribution is 2.31. The minimum absolute atomic E-state index is 0.589. The molecule has 0 saturated heterocycles. The summed E-state index contributed by atoms with van der Waals surface area (Å²) >= 11 is 1.60. The Morgan fingerprint density at radius 1 is 1.27 bits per heavy atom. The second kappa shape index (κ2) is 10.1. The molecule has 0 radical (unpaired) electrons. The van der Waals surface area contributed by atoms with Crippen LogP contribution in [0.3, 0.4) is 0 Å². The fourth-order valence-corrected chi connectivity index (χ4v) is 2.97. The molecule has 1 aromatic rings. The van der Waals surface area contributed by atoms with Gasteiger partial charge in [0.05, 0.1) is 0 Å². The van der Waals surface area contributed by atoms with Gasteiger partial charge in [0.2, 0.25) is 6.41 Å². The van der Waals surface area contributed by atoms with Gasteiger partial charge >= 0.3 is 0 Å². The van der Waals surface area contributed by atoms with Crippen molar-refractivity contribution in [3.8, 4) is 11.2 Å². The van der Waals surface area contributed by atoms with E-state index in [1.54, 1.807) is 11.8 Å². The Bertz CT molecular complexity index is 589. The SMILES string of the molecule is CCC#CSC(=C(C)C)c1ccc(CNC=O)c(CCC)c1. The Kier molecular flexibility index (Phi) is 8.47. The molecule has 0 unspecified atom stereocenters. The van der Waals surface area contributed by atoms with E-state index in [0.29, 0.717) is 6.54 Å². The van der Waals surface area contributed by atoms with E-state index in [1.807, 2.05) is 0 Å². The van der Waals surface area contributed by atoms with Gasteiger partial charge in [-0.2, -0.15) is 0 Å². The minimum atomic E-state index is 0.589. The number of carbonyl (C=O) groups is 1. The molecule has 22 heavy (non-hydrogen) atoms. The van der Waals surface area contributed by atoms with Crippen molar-refractivity contribution in [2.75, 3.05) is 0 Å². The maximum atomic E-state index is 10.5. The molecule has 0 aliphatic heterocycles. The first kappa shape index (κ1) is 18.4. The predicted octanol–water partition coefficient (Wildman–Crippen LogP) is 4.74. The third kappa shape index (κ3) is 5.61. The van der Waals surface area contributed by atoms with Gasteiger partial charge in [0.1, 0.15) is 0 Å². The van der Waals surface area contributed by atoms with Crippen LogP contribution in [0.2, 0.25) is 0 Å². The van der Waals surface area contributed by atoms with E-state index in [2.05, 4.69) is 62.4 Å². The van der Waals surface area contributed by atoms with Gasteiger partial charge in [0.25, 0.3) is 0 Å². The quantitative estimate of drug-likeness (QED) is 0.581. The van der Waals surface area contributed by atoms with E-state index in [1.165, 1.54) is 27.2 Å². The molecule has 0 aromatic heterocycles. The summed E-state index contributed by atoms with van der Waals surface area (Å²) in [6.07, 6.45) is 3.73. The highest BCUT2D eigenvalue weighted by molar-refractivity contribution is 8.12. The molecule has 0 aliphatic rings. The summed E-state index contributed by atoms with van der Waals surface area (Å²) in [4.78, 5) is 11.8. The van der Waals surface area contributed by atoms with Crippen molar-refractivity contribution in [1.29, 1.82) is 0 Å². The third-order valence-electron chi connectivity index (χ3n) is 3.22. The average molecular weight is 315 g/mol. The molecule has 0 heterocycles. The fourth-order valence-electron chi connectivity index (χ4n) is 2.20. The normalized spacial score (nSPS) is 9.64. The smallest absolute Gasteiger partial charge is 0.207 e. The van der Waals surface area contributed by atoms with E-state index in [0.717, 1.165) is 25.7 Å². The molecule has 2 nitrogen and oxygen atoms in total. The number of benzene rings is 1. The van der Waals surface area contributed by atoms with Crippen LogP contribution in [-0.2, 0) is 17.8 Å². The minimum Gasteiger partial charge on any atom is -0.355 e. The topological polar surface area (TPSA) is 29.1 Å². The maximum Gasteiger partial charge on any atom is 0.207 e. The summed E-state index contributed by atoms with van der Waals surface area (Å²) in [7, 11) is 0. The van der Waals surface area contributed by atoms with Crippen molar-refractivity contribution in [3.05, 3.63) is 40.5 Å². The van der Waals surface area contributed by atoms with Crippen LogP contribution >= 0.6 is 11.8 Å². The first-order chi connectivity index (χ1) is 10.6. The highest BCUT2D eigenvalue weighted by Gasteiger charge is 2.08. The molecule has 3 heteroatoms. The zero-order valence-corrected chi connectivity index (χ0v) is 14.8. The second-order valence-electron chi connectivity index (χ2n) is 5.30. The number of allylic oxidation sites excluding steroid dienone is 1. The van der Waals surface area contributed by atoms with Gasteiger partial charge in [-0.25, -0.2) is 0 Å². The van der Waals surface area contributed by atoms with Crippen molar-refractivity contribution >= 4 is 23.1 Å². The van der Waals surface area contributed by atoms with Crippen LogP contribution in [0.5, 0.6) is 0 Å². The molecule has 0 bridgehead atoms. The zero-order chi connectivity index (χ0) is 16.4. The van der Waals surface area contributed by atoms with Crippen LogP contribution in [0.25, 0.3) is 4.91 Å². The first-order valence-electron chi connectivity index (χ1n) is 7.75. The molecule has 1 aromatic carbocycles. The van der Waals surface area contributed by atoms with Crippen LogP contribution in [0.4, 0.5) is 0 Å². The first-order valence-corrected chi connectivity index (χ1v) is 8.57. The lowest BCUT2D eigenvalue weighted by Gasteiger charge is -2.13. The predicted molar refractivity (Wildman–Crippen MR) is 97.3 cm³/mol. The van der Waals surface area contributed by atoms with Crippen LogP contribution < -0.4 is 5.32 Å². The van der Waals surface area contributed by atoms with Crippen LogP contribution in [-0.4, -0.2) is 6.41 Å². The molecule has 0 fully saturated rings. The van der Waals surface area contributed by atoms with Crippen molar-refractivity contribution in [2.45, 2.75) is 53.5 Å². The summed E-state index contributed by atoms with van der Waals surface area (Å²) in [6.45, 7) is 9.07. The van der Waals surface area contributed by atoms with Crippen molar-refractivity contribution in [1.82, 2.24) is 5.32 Å². The lowest BCUT2D eigenvalue weighted by Crippen LogP contribution is -2.11. The summed E-state index contributed by atoms with van der Waals surface area (Å²) in [5, 5.41) is 5.92. The average Bonchev–Trinajstić information content (AvgIpc) is 2.50. The van der Waals surface area contributed by atoms with Gasteiger partial charge in [-0.05, 0) is 54.0 Å². The highest BCUT2D eigenvalue weighted by atomic mass is 32.2. The lowest BCUT2D eigenvalue weighted by atomic mass is 9.99. The molecular weight excluding hydrogens is 290 g/mol. The number of rotatable bonds is 7. The monoisotopic (exact) mass is 315 g/mol. The molecule has 0 saturated carbocycles. The second-order valence-corrected chi connectivity index (χ2v) is 6.11. The number of amides is 1. The molecule has 118 valence electrons. The summed E-state index contributed by atoms with van der Waals surface area (Å²) < 4.78 is 0. The lowest BCUT2D eigenvalue weighted by molar-refractivity contribution is -0.109. The van der Waals surface area contributed by atoms with E-state index < -0.39 is 0 Å². The summed E-state index contributed by atoms with van der Waals surface area (Å²) in [5.74, 6) is 3.11. The Labute approximate surface area is 138 Å². The van der Waals surface area contributed by atoms with Gasteiger partial charge in [-0.1, -0.05) is 50.0 Å². The van der Waals surface area contributed by atoms with Gasteiger partial charge < -0.3 is 5.32 Å². The number of hydrogen-bond acceptors (Lipinski definition) is 2. The van der Waals surface area contributed by atoms with Crippen molar-refractivity contribution < 1.29 is 4.79 Å². The van der Waals surface area contributed by atoms with E-state index in [-0.39, 0.29) is 0 Å². The van der Waals surface area contributed by atoms with E-state index in [4.69, 9.17) is 0 Å². The van der Waals surface area contributed by atoms with Gasteiger partial charge in [-0.3, -0.25) is 4.79 Å². The Morgan fingerprint density at radius 2 is 2.05 bits per heavy atom. The third-order valence-corrected chi connectivity index (χ3v) is 4.31. The molecule has 1 N–H and O–H groups in total. The van der Waals surface area contributed by atoms with Crippen LogP contribution in [0, 0.1) is 11.2 Å².